The van der Waals surface area contributed by atoms with Crippen LogP contribution in [0.3, 0.4) is 0 Å². The first-order valence-electron chi connectivity index (χ1n) is 8.94. The van der Waals surface area contributed by atoms with Gasteiger partial charge in [-0.1, -0.05) is 35.1 Å². The molecule has 0 fully saturated rings. The Hall–Kier alpha value is -3.29. The van der Waals surface area contributed by atoms with Crippen LogP contribution in [0, 0.1) is 6.92 Å². The van der Waals surface area contributed by atoms with Crippen LogP contribution in [0.15, 0.2) is 54.7 Å². The van der Waals surface area contributed by atoms with E-state index in [1.165, 1.54) is 18.2 Å². The molecule has 1 unspecified atom stereocenters. The zero-order chi connectivity index (χ0) is 20.6. The molecule has 5 nitrogen and oxygen atoms in total. The van der Waals surface area contributed by atoms with Crippen molar-refractivity contribution in [3.05, 3.63) is 65.9 Å². The smallest absolute Gasteiger partial charge is 0.481 e. The molecular formula is C21H18F3N3O2. The van der Waals surface area contributed by atoms with Crippen LogP contribution in [0.25, 0.3) is 17.3 Å². The van der Waals surface area contributed by atoms with Gasteiger partial charge in [-0.25, -0.2) is 4.68 Å². The van der Waals surface area contributed by atoms with Gasteiger partial charge in [-0.15, -0.1) is 18.3 Å². The average molecular weight is 401 g/mol. The van der Waals surface area contributed by atoms with Crippen molar-refractivity contribution in [1.29, 1.82) is 0 Å². The number of alkyl halides is 3. The highest BCUT2D eigenvalue weighted by atomic mass is 19.4. The van der Waals surface area contributed by atoms with E-state index in [1.807, 2.05) is 38.1 Å². The monoisotopic (exact) mass is 401 g/mol. The summed E-state index contributed by atoms with van der Waals surface area (Å²) in [6, 6.07) is 11.6. The van der Waals surface area contributed by atoms with Gasteiger partial charge in [0.2, 0.25) is 0 Å². The molecule has 0 amide bonds. The second kappa shape index (κ2) is 6.95. The molecule has 1 aromatic heterocycles. The summed E-state index contributed by atoms with van der Waals surface area (Å²) in [6.07, 6.45) is 0.902. The van der Waals surface area contributed by atoms with Gasteiger partial charge in [0.25, 0.3) is 0 Å². The molecular weight excluding hydrogens is 383 g/mol. The Balaban J connectivity index is 1.52. The molecule has 8 heteroatoms. The Morgan fingerprint density at radius 1 is 1.17 bits per heavy atom. The van der Waals surface area contributed by atoms with Gasteiger partial charge in [-0.2, -0.15) is 0 Å². The Morgan fingerprint density at radius 2 is 2.00 bits per heavy atom. The van der Waals surface area contributed by atoms with Gasteiger partial charge in [-0.3, -0.25) is 0 Å². The fraction of sp³-hybridized carbons (Fsp3) is 0.238. The predicted octanol–water partition coefficient (Wildman–Crippen LogP) is 5.02. The van der Waals surface area contributed by atoms with Gasteiger partial charge >= 0.3 is 6.36 Å². The Labute approximate surface area is 165 Å². The molecule has 1 atom stereocenters. The number of benzene rings is 2. The van der Waals surface area contributed by atoms with E-state index in [9.17, 15) is 13.2 Å². The normalized spacial score (nSPS) is 18.2. The van der Waals surface area contributed by atoms with Gasteiger partial charge in [0.15, 0.2) is 0 Å². The molecule has 0 saturated carbocycles. The summed E-state index contributed by atoms with van der Waals surface area (Å²) in [5.74, 6) is 0.486. The first-order valence-corrected chi connectivity index (χ1v) is 8.94. The lowest BCUT2D eigenvalue weighted by atomic mass is 9.99. The lowest BCUT2D eigenvalue weighted by Gasteiger charge is -2.31. The zero-order valence-corrected chi connectivity index (χ0v) is 15.8. The van der Waals surface area contributed by atoms with Crippen molar-refractivity contribution < 1.29 is 22.6 Å². The van der Waals surface area contributed by atoms with E-state index in [2.05, 4.69) is 21.1 Å². The third kappa shape index (κ3) is 4.42. The van der Waals surface area contributed by atoms with Crippen molar-refractivity contribution in [2.45, 2.75) is 32.4 Å². The van der Waals surface area contributed by atoms with Crippen LogP contribution in [-0.4, -0.2) is 27.0 Å². The SMILES string of the molecule is Cc1ccc2c(c1)C=CC(C)(Cn1cc(-c3cccc(OC(F)(F)F)c3)nn1)O2. The molecule has 1 aliphatic rings. The summed E-state index contributed by atoms with van der Waals surface area (Å²) in [5.41, 5.74) is 2.46. The number of halogens is 3. The van der Waals surface area contributed by atoms with Gasteiger partial charge in [-0.05, 0) is 44.2 Å². The molecule has 0 aliphatic carbocycles. The maximum atomic E-state index is 12.4. The first-order chi connectivity index (χ1) is 13.7. The van der Waals surface area contributed by atoms with Crippen molar-refractivity contribution in [1.82, 2.24) is 15.0 Å². The maximum Gasteiger partial charge on any atom is 0.573 e. The van der Waals surface area contributed by atoms with Gasteiger partial charge in [0, 0.05) is 11.1 Å². The molecule has 2 heterocycles. The second-order valence-electron chi connectivity index (χ2n) is 7.17. The Kier molecular flexibility index (Phi) is 4.56. The van der Waals surface area contributed by atoms with E-state index in [-0.39, 0.29) is 5.75 Å². The maximum absolute atomic E-state index is 12.4. The second-order valence-corrected chi connectivity index (χ2v) is 7.17. The highest BCUT2D eigenvalue weighted by Gasteiger charge is 2.31. The van der Waals surface area contributed by atoms with Gasteiger partial charge in [0.1, 0.15) is 22.8 Å². The molecule has 150 valence electrons. The number of fused-ring (bicyclic) bond motifs is 1. The van der Waals surface area contributed by atoms with Gasteiger partial charge < -0.3 is 9.47 Å². The zero-order valence-electron chi connectivity index (χ0n) is 15.8. The van der Waals surface area contributed by atoms with Crippen LogP contribution in [-0.2, 0) is 6.54 Å². The highest BCUT2D eigenvalue weighted by molar-refractivity contribution is 5.62. The van der Waals surface area contributed by atoms with Crippen LogP contribution in [0.2, 0.25) is 0 Å². The molecule has 0 bridgehead atoms. The minimum absolute atomic E-state index is 0.304. The third-order valence-corrected chi connectivity index (χ3v) is 4.50. The number of hydrogen-bond donors (Lipinski definition) is 0. The summed E-state index contributed by atoms with van der Waals surface area (Å²) in [4.78, 5) is 0. The van der Waals surface area contributed by atoms with E-state index < -0.39 is 12.0 Å². The lowest BCUT2D eigenvalue weighted by Crippen LogP contribution is -2.37. The highest BCUT2D eigenvalue weighted by Crippen LogP contribution is 2.33. The molecule has 3 aromatic rings. The van der Waals surface area contributed by atoms with Crippen LogP contribution in [0.4, 0.5) is 13.2 Å². The largest absolute Gasteiger partial charge is 0.573 e. The quantitative estimate of drug-likeness (QED) is 0.616. The fourth-order valence-corrected chi connectivity index (χ4v) is 3.21. The van der Waals surface area contributed by atoms with E-state index in [0.717, 1.165) is 16.9 Å². The summed E-state index contributed by atoms with van der Waals surface area (Å²) in [7, 11) is 0. The van der Waals surface area contributed by atoms with Gasteiger partial charge in [0.05, 0.1) is 12.7 Å². The number of aryl methyl sites for hydroxylation is 1. The number of nitrogens with zero attached hydrogens (tertiary/aromatic N) is 3. The van der Waals surface area contributed by atoms with Crippen LogP contribution < -0.4 is 9.47 Å². The number of hydrogen-bond acceptors (Lipinski definition) is 4. The van der Waals surface area contributed by atoms with E-state index >= 15 is 0 Å². The summed E-state index contributed by atoms with van der Waals surface area (Å²) >= 11 is 0. The fourth-order valence-electron chi connectivity index (χ4n) is 3.21. The predicted molar refractivity (Wildman–Crippen MR) is 101 cm³/mol. The molecule has 0 spiro atoms. The number of rotatable bonds is 4. The summed E-state index contributed by atoms with van der Waals surface area (Å²) < 4.78 is 49.0. The van der Waals surface area contributed by atoms with Crippen molar-refractivity contribution in [2.75, 3.05) is 0 Å². The average Bonchev–Trinajstić information content (AvgIpc) is 3.09. The summed E-state index contributed by atoms with van der Waals surface area (Å²) in [5, 5.41) is 8.17. The minimum Gasteiger partial charge on any atom is -0.481 e. The topological polar surface area (TPSA) is 49.2 Å². The van der Waals surface area contributed by atoms with E-state index in [0.29, 0.717) is 17.8 Å². The standard InChI is InChI=1S/C21H18F3N3O2/c1-14-6-7-19-16(10-14)8-9-20(2,29-19)13-27-12-18(25-26-27)15-4-3-5-17(11-15)28-21(22,23)24/h3-12H,13H2,1-2H3. The third-order valence-electron chi connectivity index (χ3n) is 4.50. The number of ether oxygens (including phenoxy) is 2. The van der Waals surface area contributed by atoms with Crippen LogP contribution in [0.1, 0.15) is 18.1 Å². The number of aromatic nitrogens is 3. The van der Waals surface area contributed by atoms with Crippen molar-refractivity contribution in [2.24, 2.45) is 0 Å². The van der Waals surface area contributed by atoms with Crippen molar-refractivity contribution >= 4 is 6.08 Å². The van der Waals surface area contributed by atoms with E-state index in [1.54, 1.807) is 16.9 Å². The van der Waals surface area contributed by atoms with Crippen molar-refractivity contribution in [3.8, 4) is 22.8 Å². The Morgan fingerprint density at radius 3 is 2.79 bits per heavy atom. The Bertz CT molecular complexity index is 1080. The van der Waals surface area contributed by atoms with E-state index in [4.69, 9.17) is 4.74 Å². The lowest BCUT2D eigenvalue weighted by molar-refractivity contribution is -0.274. The first kappa shape index (κ1) is 19.0. The molecule has 2 aromatic carbocycles. The molecule has 0 N–H and O–H groups in total. The molecule has 0 radical (unpaired) electrons. The molecule has 4 rings (SSSR count). The molecule has 0 saturated heterocycles. The molecule has 1 aliphatic heterocycles. The minimum atomic E-state index is -4.75. The van der Waals surface area contributed by atoms with Crippen LogP contribution in [0.5, 0.6) is 11.5 Å². The molecule has 29 heavy (non-hydrogen) atoms. The van der Waals surface area contributed by atoms with Crippen LogP contribution >= 0.6 is 0 Å². The van der Waals surface area contributed by atoms with Crippen molar-refractivity contribution in [3.63, 3.8) is 0 Å². The summed E-state index contributed by atoms with van der Waals surface area (Å²) in [6.45, 7) is 4.35.